The van der Waals surface area contributed by atoms with Crippen LogP contribution in [-0.2, 0) is 18.3 Å². The highest BCUT2D eigenvalue weighted by molar-refractivity contribution is 5.92. The number of aryl methyl sites for hydroxylation is 1. The molecule has 1 aromatic heterocycles. The van der Waals surface area contributed by atoms with Gasteiger partial charge in [0.15, 0.2) is 5.78 Å². The minimum atomic E-state index is -0.824. The minimum absolute atomic E-state index is 0.00549. The van der Waals surface area contributed by atoms with Gasteiger partial charge in [-0.1, -0.05) is 0 Å². The predicted octanol–water partition coefficient (Wildman–Crippen LogP) is 1.24. The first-order chi connectivity index (χ1) is 6.52. The molecule has 0 unspecified atom stereocenters. The number of hydrogen-bond acceptors (Lipinski definition) is 2. The maximum Gasteiger partial charge on any atom is 0.303 e. The number of hydrogen-bond donors (Lipinski definition) is 1. The predicted molar refractivity (Wildman–Crippen MR) is 51.4 cm³/mol. The fourth-order valence-electron chi connectivity index (χ4n) is 1.39. The monoisotopic (exact) mass is 195 g/mol. The topological polar surface area (TPSA) is 59.3 Å². The highest BCUT2D eigenvalue weighted by atomic mass is 16.4. The third-order valence-electron chi connectivity index (χ3n) is 2.18. The summed E-state index contributed by atoms with van der Waals surface area (Å²) in [4.78, 5) is 21.4. The Labute approximate surface area is 82.2 Å². The van der Waals surface area contributed by atoms with Crippen molar-refractivity contribution in [3.63, 3.8) is 0 Å². The van der Waals surface area contributed by atoms with Gasteiger partial charge in [0, 0.05) is 19.7 Å². The van der Waals surface area contributed by atoms with Crippen LogP contribution in [0.4, 0.5) is 0 Å². The molecule has 1 N–H and O–H groups in total. The number of ketones is 1. The van der Waals surface area contributed by atoms with Crippen molar-refractivity contribution in [1.82, 2.24) is 4.57 Å². The Hall–Kier alpha value is -1.58. The van der Waals surface area contributed by atoms with E-state index in [9.17, 15) is 9.59 Å². The van der Waals surface area contributed by atoms with E-state index in [2.05, 4.69) is 0 Å². The molecule has 1 heterocycles. The zero-order valence-electron chi connectivity index (χ0n) is 8.28. The van der Waals surface area contributed by atoms with Crippen molar-refractivity contribution in [3.8, 4) is 0 Å². The van der Waals surface area contributed by atoms with Crippen LogP contribution in [0.5, 0.6) is 0 Å². The number of Topliss-reactive ketones (excluding diaryl/α,β-unsaturated/α-hetero) is 1. The molecule has 1 aromatic rings. The Kier molecular flexibility index (Phi) is 3.06. The normalized spacial score (nSPS) is 10.1. The molecule has 1 rings (SSSR count). The number of nitrogens with zero attached hydrogens (tertiary/aromatic N) is 1. The second kappa shape index (κ2) is 4.09. The Bertz CT molecular complexity index is 365. The lowest BCUT2D eigenvalue weighted by Crippen LogP contribution is -2.06. The van der Waals surface area contributed by atoms with Crippen molar-refractivity contribution < 1.29 is 14.7 Å². The highest BCUT2D eigenvalue weighted by Crippen LogP contribution is 2.09. The van der Waals surface area contributed by atoms with Gasteiger partial charge in [-0.15, -0.1) is 0 Å². The molecule has 0 aromatic carbocycles. The Morgan fingerprint density at radius 1 is 1.43 bits per heavy atom. The zero-order valence-corrected chi connectivity index (χ0v) is 8.28. The van der Waals surface area contributed by atoms with Crippen molar-refractivity contribution in [3.05, 3.63) is 23.5 Å². The van der Waals surface area contributed by atoms with E-state index in [0.29, 0.717) is 12.1 Å². The van der Waals surface area contributed by atoms with Gasteiger partial charge in [-0.05, 0) is 18.6 Å². The van der Waals surface area contributed by atoms with Gasteiger partial charge < -0.3 is 9.67 Å². The van der Waals surface area contributed by atoms with Crippen LogP contribution in [0.3, 0.4) is 0 Å². The zero-order chi connectivity index (χ0) is 10.7. The largest absolute Gasteiger partial charge is 0.481 e. The molecule has 0 spiro atoms. The van der Waals surface area contributed by atoms with E-state index in [1.54, 1.807) is 23.7 Å². The summed E-state index contributed by atoms with van der Waals surface area (Å²) in [6.45, 7) is 1.50. The molecule has 0 aliphatic heterocycles. The Morgan fingerprint density at radius 3 is 2.50 bits per heavy atom. The number of aliphatic carboxylic acids is 1. The first-order valence-electron chi connectivity index (χ1n) is 4.39. The lowest BCUT2D eigenvalue weighted by Gasteiger charge is -2.03. The molecule has 0 atom stereocenters. The molecule has 0 saturated heterocycles. The van der Waals surface area contributed by atoms with E-state index in [4.69, 9.17) is 5.11 Å². The van der Waals surface area contributed by atoms with Crippen molar-refractivity contribution in [2.75, 3.05) is 0 Å². The van der Waals surface area contributed by atoms with Crippen molar-refractivity contribution in [1.29, 1.82) is 0 Å². The summed E-state index contributed by atoms with van der Waals surface area (Å²) in [6, 6.07) is 3.51. The number of aromatic nitrogens is 1. The van der Waals surface area contributed by atoms with Crippen LogP contribution in [0.1, 0.15) is 29.5 Å². The van der Waals surface area contributed by atoms with Crippen LogP contribution >= 0.6 is 0 Å². The lowest BCUT2D eigenvalue weighted by molar-refractivity contribution is -0.136. The lowest BCUT2D eigenvalue weighted by atomic mass is 10.2. The first-order valence-corrected chi connectivity index (χ1v) is 4.39. The minimum Gasteiger partial charge on any atom is -0.481 e. The summed E-state index contributed by atoms with van der Waals surface area (Å²) in [5, 5.41) is 8.51. The van der Waals surface area contributed by atoms with Crippen LogP contribution in [-0.4, -0.2) is 21.4 Å². The number of carboxylic acid groups (broad SMARTS) is 1. The van der Waals surface area contributed by atoms with Crippen LogP contribution in [0.2, 0.25) is 0 Å². The molecule has 0 radical (unpaired) electrons. The Balaban J connectivity index is 2.79. The first kappa shape index (κ1) is 10.5. The molecule has 0 aliphatic carbocycles. The molecule has 0 amide bonds. The van der Waals surface area contributed by atoms with Gasteiger partial charge in [-0.3, -0.25) is 9.59 Å². The summed E-state index contributed by atoms with van der Waals surface area (Å²) < 4.78 is 1.74. The maximum absolute atomic E-state index is 11.1. The fraction of sp³-hybridized carbons (Fsp3) is 0.400. The number of rotatable bonds is 4. The second-order valence-electron chi connectivity index (χ2n) is 3.22. The van der Waals surface area contributed by atoms with E-state index in [1.807, 2.05) is 0 Å². The van der Waals surface area contributed by atoms with Gasteiger partial charge in [0.25, 0.3) is 0 Å². The molecule has 0 aliphatic rings. The van der Waals surface area contributed by atoms with E-state index in [1.165, 1.54) is 6.92 Å². The average Bonchev–Trinajstić information content (AvgIpc) is 2.43. The van der Waals surface area contributed by atoms with Gasteiger partial charge in [0.1, 0.15) is 0 Å². The molecule has 76 valence electrons. The summed E-state index contributed by atoms with van der Waals surface area (Å²) in [5.41, 5.74) is 1.49. The molecule has 14 heavy (non-hydrogen) atoms. The maximum atomic E-state index is 11.1. The average molecular weight is 195 g/mol. The smallest absolute Gasteiger partial charge is 0.303 e. The van der Waals surface area contributed by atoms with Crippen molar-refractivity contribution in [2.24, 2.45) is 7.05 Å². The van der Waals surface area contributed by atoms with Gasteiger partial charge in [0.05, 0.1) is 12.1 Å². The van der Waals surface area contributed by atoms with E-state index < -0.39 is 5.97 Å². The molecule has 4 heteroatoms. The van der Waals surface area contributed by atoms with E-state index >= 15 is 0 Å². The quantitative estimate of drug-likeness (QED) is 0.735. The van der Waals surface area contributed by atoms with Gasteiger partial charge in [0.2, 0.25) is 0 Å². The van der Waals surface area contributed by atoms with Crippen LogP contribution in [0, 0.1) is 0 Å². The summed E-state index contributed by atoms with van der Waals surface area (Å²) >= 11 is 0. The molecule has 0 fully saturated rings. The van der Waals surface area contributed by atoms with E-state index in [0.717, 1.165) is 5.69 Å². The number of carbonyl (C=O) groups excluding carboxylic acids is 1. The third kappa shape index (κ3) is 2.22. The second-order valence-corrected chi connectivity index (χ2v) is 3.22. The van der Waals surface area contributed by atoms with Gasteiger partial charge >= 0.3 is 5.97 Å². The molecular formula is C10H13NO3. The summed E-state index contributed by atoms with van der Waals surface area (Å²) in [6.07, 6.45) is 0.550. The van der Waals surface area contributed by atoms with Crippen molar-refractivity contribution in [2.45, 2.75) is 19.8 Å². The van der Waals surface area contributed by atoms with E-state index in [-0.39, 0.29) is 12.2 Å². The summed E-state index contributed by atoms with van der Waals surface area (Å²) in [5.74, 6) is -0.829. The third-order valence-corrected chi connectivity index (χ3v) is 2.18. The SMILES string of the molecule is CC(=O)c1ccc(CCC(=O)O)n1C. The highest BCUT2D eigenvalue weighted by Gasteiger charge is 2.09. The van der Waals surface area contributed by atoms with Gasteiger partial charge in [-0.2, -0.15) is 0 Å². The van der Waals surface area contributed by atoms with Crippen LogP contribution in [0.15, 0.2) is 12.1 Å². The number of carbonyl (C=O) groups is 2. The summed E-state index contributed by atoms with van der Waals surface area (Å²) in [7, 11) is 1.77. The molecular weight excluding hydrogens is 182 g/mol. The van der Waals surface area contributed by atoms with Crippen LogP contribution < -0.4 is 0 Å². The van der Waals surface area contributed by atoms with Crippen molar-refractivity contribution >= 4 is 11.8 Å². The fourth-order valence-corrected chi connectivity index (χ4v) is 1.39. The van der Waals surface area contributed by atoms with Gasteiger partial charge in [-0.25, -0.2) is 0 Å². The Morgan fingerprint density at radius 2 is 2.07 bits per heavy atom. The molecule has 0 bridgehead atoms. The molecule has 0 saturated carbocycles. The standard InChI is InChI=1S/C10H13NO3/c1-7(12)9-5-3-8(11(9)2)4-6-10(13)14/h3,5H,4,6H2,1-2H3,(H,13,14). The van der Waals surface area contributed by atoms with Crippen LogP contribution in [0.25, 0.3) is 0 Å². The molecule has 4 nitrogen and oxygen atoms in total. The number of carboxylic acids is 1.